The molecule has 1 amide bonds. The number of amides is 1. The van der Waals surface area contributed by atoms with Crippen molar-refractivity contribution in [3.63, 3.8) is 0 Å². The number of benzene rings is 1. The molecule has 2 aromatic heterocycles. The molecule has 3 heterocycles. The molecule has 3 aromatic rings. The second-order valence-electron chi connectivity index (χ2n) is 9.13. The zero-order valence-electron chi connectivity index (χ0n) is 18.4. The predicted molar refractivity (Wildman–Crippen MR) is 131 cm³/mol. The summed E-state index contributed by atoms with van der Waals surface area (Å²) in [4.78, 5) is 20.6. The fourth-order valence-corrected chi connectivity index (χ4v) is 6.33. The Hall–Kier alpha value is -1.93. The van der Waals surface area contributed by atoms with Gasteiger partial charge < -0.3 is 10.6 Å². The zero-order chi connectivity index (χ0) is 22.1. The highest BCUT2D eigenvalue weighted by molar-refractivity contribution is 7.12. The maximum atomic E-state index is 13.5. The number of halogens is 1. The van der Waals surface area contributed by atoms with Crippen LogP contribution in [0.2, 0.25) is 5.02 Å². The Morgan fingerprint density at radius 3 is 2.94 bits per heavy atom. The van der Waals surface area contributed by atoms with Crippen molar-refractivity contribution in [1.29, 1.82) is 0 Å². The highest BCUT2D eigenvalue weighted by atomic mass is 35.5. The lowest BCUT2D eigenvalue weighted by Crippen LogP contribution is -2.63. The summed E-state index contributed by atoms with van der Waals surface area (Å²) in [5, 5.41) is 11.0. The smallest absolute Gasteiger partial charge is 0.253 e. The molecule has 1 atom stereocenters. The minimum absolute atomic E-state index is 0.0434. The van der Waals surface area contributed by atoms with E-state index in [0.717, 1.165) is 48.5 Å². The minimum Gasteiger partial charge on any atom is -0.350 e. The summed E-state index contributed by atoms with van der Waals surface area (Å²) >= 11 is 8.11. The van der Waals surface area contributed by atoms with Gasteiger partial charge in [0, 0.05) is 60.9 Å². The van der Waals surface area contributed by atoms with Gasteiger partial charge in [-0.1, -0.05) is 36.9 Å². The summed E-state index contributed by atoms with van der Waals surface area (Å²) < 4.78 is 1.97. The van der Waals surface area contributed by atoms with Gasteiger partial charge in [-0.2, -0.15) is 0 Å². The van der Waals surface area contributed by atoms with E-state index in [2.05, 4.69) is 27.4 Å². The first-order valence-corrected chi connectivity index (χ1v) is 12.8. The Bertz CT molecular complexity index is 1090. The molecule has 8 heteroatoms. The molecule has 1 aliphatic heterocycles. The van der Waals surface area contributed by atoms with Crippen molar-refractivity contribution in [2.75, 3.05) is 26.2 Å². The highest BCUT2D eigenvalue weighted by Gasteiger charge is 2.39. The number of nitrogens with zero attached hydrogens (tertiary/aromatic N) is 3. The molecule has 2 fully saturated rings. The highest BCUT2D eigenvalue weighted by Crippen LogP contribution is 2.35. The Kier molecular flexibility index (Phi) is 6.25. The fraction of sp³-hybridized carbons (Fsp3) is 0.500. The van der Waals surface area contributed by atoms with Gasteiger partial charge >= 0.3 is 0 Å². The molecular weight excluding hydrogens is 442 g/mol. The van der Waals surface area contributed by atoms with E-state index in [9.17, 15) is 4.79 Å². The summed E-state index contributed by atoms with van der Waals surface area (Å²) in [7, 11) is 0. The lowest BCUT2D eigenvalue weighted by atomic mass is 9.79. The normalized spacial score (nSPS) is 21.6. The largest absolute Gasteiger partial charge is 0.350 e. The van der Waals surface area contributed by atoms with Crippen LogP contribution < -0.4 is 10.6 Å². The third-order valence-corrected chi connectivity index (χ3v) is 8.14. The number of hydrogen-bond donors (Lipinski definition) is 2. The van der Waals surface area contributed by atoms with Gasteiger partial charge in [0.1, 0.15) is 0 Å². The van der Waals surface area contributed by atoms with E-state index in [4.69, 9.17) is 11.6 Å². The molecule has 2 N–H and O–H groups in total. The molecule has 0 bridgehead atoms. The molecule has 2 aliphatic rings. The van der Waals surface area contributed by atoms with Crippen molar-refractivity contribution in [2.45, 2.75) is 50.6 Å². The van der Waals surface area contributed by atoms with Crippen LogP contribution in [-0.2, 0) is 0 Å². The van der Waals surface area contributed by atoms with Crippen LogP contribution in [0.25, 0.3) is 16.0 Å². The van der Waals surface area contributed by atoms with E-state index in [1.54, 1.807) is 17.5 Å². The number of rotatable bonds is 5. The number of carbonyl (C=O) groups excluding carboxylic acids is 1. The standard InChI is InChI=1S/C24H30ClN5OS/c1-17-14-29(12-10-26-17)24(8-3-2-4-9-24)16-28-22(31)18-15-30(23-27-11-13-32-23)20-7-5-6-19(25)21(18)20/h5-7,11,13,15,17,26H,2-4,8-10,12,14,16H2,1H3,(H,28,31)/t17-/m1/s1. The van der Waals surface area contributed by atoms with Crippen LogP contribution in [0.4, 0.5) is 0 Å². The molecule has 170 valence electrons. The van der Waals surface area contributed by atoms with E-state index in [-0.39, 0.29) is 11.4 Å². The number of fused-ring (bicyclic) bond motifs is 1. The van der Waals surface area contributed by atoms with Gasteiger partial charge in [-0.05, 0) is 31.9 Å². The van der Waals surface area contributed by atoms with E-state index in [1.807, 2.05) is 34.3 Å². The van der Waals surface area contributed by atoms with E-state index in [0.29, 0.717) is 23.2 Å². The minimum atomic E-state index is -0.0634. The van der Waals surface area contributed by atoms with Crippen molar-refractivity contribution in [3.8, 4) is 5.13 Å². The van der Waals surface area contributed by atoms with Crippen LogP contribution in [0, 0.1) is 0 Å². The number of piperazine rings is 1. The molecule has 1 saturated heterocycles. The Morgan fingerprint density at radius 2 is 2.19 bits per heavy atom. The van der Waals surface area contributed by atoms with Crippen LogP contribution in [0.15, 0.2) is 36.0 Å². The molecular formula is C24H30ClN5OS. The maximum Gasteiger partial charge on any atom is 0.253 e. The first-order chi connectivity index (χ1) is 15.6. The number of carbonyl (C=O) groups is 1. The van der Waals surface area contributed by atoms with Crippen molar-refractivity contribution < 1.29 is 4.79 Å². The van der Waals surface area contributed by atoms with Gasteiger partial charge in [-0.25, -0.2) is 4.98 Å². The van der Waals surface area contributed by atoms with Gasteiger partial charge in [0.15, 0.2) is 5.13 Å². The molecule has 5 rings (SSSR count). The summed E-state index contributed by atoms with van der Waals surface area (Å²) in [5.41, 5.74) is 1.56. The third kappa shape index (κ3) is 4.07. The maximum absolute atomic E-state index is 13.5. The van der Waals surface area contributed by atoms with Gasteiger partial charge in [0.05, 0.1) is 16.1 Å². The van der Waals surface area contributed by atoms with Crippen molar-refractivity contribution in [1.82, 2.24) is 25.1 Å². The summed E-state index contributed by atoms with van der Waals surface area (Å²) in [6.45, 7) is 6.00. The first-order valence-electron chi connectivity index (χ1n) is 11.5. The lowest BCUT2D eigenvalue weighted by molar-refractivity contribution is 0.0273. The van der Waals surface area contributed by atoms with Crippen LogP contribution in [0.1, 0.15) is 49.4 Å². The van der Waals surface area contributed by atoms with Crippen LogP contribution in [0.5, 0.6) is 0 Å². The van der Waals surface area contributed by atoms with Gasteiger partial charge in [-0.15, -0.1) is 11.3 Å². The third-order valence-electron chi connectivity index (χ3n) is 7.05. The Balaban J connectivity index is 1.43. The van der Waals surface area contributed by atoms with E-state index < -0.39 is 0 Å². The van der Waals surface area contributed by atoms with Crippen LogP contribution in [-0.4, -0.2) is 58.1 Å². The SMILES string of the molecule is C[C@@H]1CN(C2(CNC(=O)c3cn(-c4nccs4)c4cccc(Cl)c34)CCCCC2)CCN1. The van der Waals surface area contributed by atoms with E-state index >= 15 is 0 Å². The molecule has 6 nitrogen and oxygen atoms in total. The molecule has 1 aliphatic carbocycles. The summed E-state index contributed by atoms with van der Waals surface area (Å²) in [6, 6.07) is 6.23. The van der Waals surface area contributed by atoms with Crippen LogP contribution >= 0.6 is 22.9 Å². The number of nitrogens with one attached hydrogen (secondary N) is 2. The van der Waals surface area contributed by atoms with Gasteiger partial charge in [-0.3, -0.25) is 14.3 Å². The van der Waals surface area contributed by atoms with Gasteiger partial charge in [0.2, 0.25) is 0 Å². The molecule has 1 saturated carbocycles. The van der Waals surface area contributed by atoms with Crippen molar-refractivity contribution in [2.24, 2.45) is 0 Å². The summed E-state index contributed by atoms with van der Waals surface area (Å²) in [6.07, 6.45) is 9.67. The lowest BCUT2D eigenvalue weighted by Gasteiger charge is -2.49. The topological polar surface area (TPSA) is 62.2 Å². The molecule has 0 spiro atoms. The Labute approximate surface area is 198 Å². The van der Waals surface area contributed by atoms with Crippen LogP contribution in [0.3, 0.4) is 0 Å². The van der Waals surface area contributed by atoms with E-state index in [1.165, 1.54) is 19.3 Å². The molecule has 0 unspecified atom stereocenters. The Morgan fingerprint density at radius 1 is 1.34 bits per heavy atom. The second kappa shape index (κ2) is 9.14. The van der Waals surface area contributed by atoms with Crippen molar-refractivity contribution in [3.05, 3.63) is 46.6 Å². The molecule has 0 radical (unpaired) electrons. The molecule has 32 heavy (non-hydrogen) atoms. The molecule has 1 aromatic carbocycles. The summed E-state index contributed by atoms with van der Waals surface area (Å²) in [5.74, 6) is -0.0634. The number of aromatic nitrogens is 2. The average Bonchev–Trinajstić information content (AvgIpc) is 3.47. The number of thiazole rings is 1. The first kappa shape index (κ1) is 21.9. The second-order valence-corrected chi connectivity index (χ2v) is 10.4. The fourth-order valence-electron chi connectivity index (χ4n) is 5.43. The quantitative estimate of drug-likeness (QED) is 0.576. The monoisotopic (exact) mass is 471 g/mol. The number of hydrogen-bond acceptors (Lipinski definition) is 5. The average molecular weight is 472 g/mol. The predicted octanol–water partition coefficient (Wildman–Crippen LogP) is 4.47. The van der Waals surface area contributed by atoms with Crippen molar-refractivity contribution >= 4 is 39.7 Å². The van der Waals surface area contributed by atoms with Gasteiger partial charge in [0.25, 0.3) is 5.91 Å². The zero-order valence-corrected chi connectivity index (χ0v) is 20.0.